The predicted octanol–water partition coefficient (Wildman–Crippen LogP) is 0.715. The Hall–Kier alpha value is -1.73. The van der Waals surface area contributed by atoms with Crippen molar-refractivity contribution in [3.63, 3.8) is 0 Å². The molecule has 0 spiro atoms. The fourth-order valence-electron chi connectivity index (χ4n) is 1.57. The summed E-state index contributed by atoms with van der Waals surface area (Å²) in [6, 6.07) is 5.59. The van der Waals surface area contributed by atoms with E-state index >= 15 is 0 Å². The molecule has 0 aliphatic rings. The number of carbonyl (C=O) groups is 1. The lowest BCUT2D eigenvalue weighted by atomic mass is 10.1. The van der Waals surface area contributed by atoms with Gasteiger partial charge in [-0.25, -0.2) is 0 Å². The Morgan fingerprint density at radius 3 is 2.32 bits per heavy atom. The summed E-state index contributed by atoms with van der Waals surface area (Å²) in [5, 5.41) is 17.7. The Labute approximate surface area is 109 Å². The molecule has 2 N–H and O–H groups in total. The molecule has 0 unspecified atom stereocenters. The number of hydrogen-bond acceptors (Lipinski definition) is 4. The molecule has 0 saturated heterocycles. The van der Waals surface area contributed by atoms with Gasteiger partial charge in [0.2, 0.25) is 0 Å². The summed E-state index contributed by atoms with van der Waals surface area (Å²) < 4.78 is 28.7. The van der Waals surface area contributed by atoms with Gasteiger partial charge >= 0.3 is 6.61 Å². The molecule has 1 rings (SSSR count). The Kier molecular flexibility index (Phi) is 6.17. The average molecular weight is 275 g/mol. The zero-order chi connectivity index (χ0) is 14.3. The van der Waals surface area contributed by atoms with Crippen molar-refractivity contribution in [1.82, 2.24) is 4.90 Å². The highest BCUT2D eigenvalue weighted by Gasteiger charge is 2.20. The number of para-hydroxylation sites is 1. The first kappa shape index (κ1) is 15.3. The fourth-order valence-corrected chi connectivity index (χ4v) is 1.57. The van der Waals surface area contributed by atoms with E-state index in [1.165, 1.54) is 24.3 Å². The SMILES string of the molecule is O=C(c1ccccc1OC(F)F)N(CCO)CCO. The highest BCUT2D eigenvalue weighted by atomic mass is 19.3. The number of benzene rings is 1. The number of alkyl halides is 2. The summed E-state index contributed by atoms with van der Waals surface area (Å²) >= 11 is 0. The van der Waals surface area contributed by atoms with Crippen LogP contribution in [0.15, 0.2) is 24.3 Å². The van der Waals surface area contributed by atoms with Crippen molar-refractivity contribution < 1.29 is 28.5 Å². The maximum absolute atomic E-state index is 12.2. The van der Waals surface area contributed by atoms with E-state index in [0.29, 0.717) is 0 Å². The summed E-state index contributed by atoms with van der Waals surface area (Å²) in [4.78, 5) is 13.3. The quantitative estimate of drug-likeness (QED) is 0.769. The lowest BCUT2D eigenvalue weighted by molar-refractivity contribution is -0.0503. The van der Waals surface area contributed by atoms with Crippen LogP contribution in [0.1, 0.15) is 10.4 Å². The monoisotopic (exact) mass is 275 g/mol. The largest absolute Gasteiger partial charge is 0.434 e. The first-order chi connectivity index (χ1) is 9.10. The average Bonchev–Trinajstić information content (AvgIpc) is 2.38. The van der Waals surface area contributed by atoms with Crippen molar-refractivity contribution in [2.75, 3.05) is 26.3 Å². The molecule has 19 heavy (non-hydrogen) atoms. The van der Waals surface area contributed by atoms with Crippen LogP contribution in [0.4, 0.5) is 8.78 Å². The maximum Gasteiger partial charge on any atom is 0.387 e. The van der Waals surface area contributed by atoms with Gasteiger partial charge in [0.15, 0.2) is 0 Å². The van der Waals surface area contributed by atoms with E-state index in [2.05, 4.69) is 4.74 Å². The molecule has 0 atom stereocenters. The highest BCUT2D eigenvalue weighted by Crippen LogP contribution is 2.21. The van der Waals surface area contributed by atoms with Gasteiger partial charge in [-0.15, -0.1) is 0 Å². The maximum atomic E-state index is 12.2. The number of aliphatic hydroxyl groups excluding tert-OH is 2. The minimum atomic E-state index is -3.03. The van der Waals surface area contributed by atoms with Crippen LogP contribution in [0, 0.1) is 0 Å². The first-order valence-corrected chi connectivity index (χ1v) is 5.65. The predicted molar refractivity (Wildman–Crippen MR) is 63.1 cm³/mol. The Morgan fingerprint density at radius 1 is 1.21 bits per heavy atom. The summed E-state index contributed by atoms with van der Waals surface area (Å²) in [5.41, 5.74) is -0.0373. The minimum absolute atomic E-state index is 0.00239. The van der Waals surface area contributed by atoms with Gasteiger partial charge in [0, 0.05) is 13.1 Å². The second-order valence-electron chi connectivity index (χ2n) is 3.61. The Balaban J connectivity index is 2.96. The second-order valence-corrected chi connectivity index (χ2v) is 3.61. The molecule has 0 bridgehead atoms. The first-order valence-electron chi connectivity index (χ1n) is 5.65. The summed E-state index contributed by atoms with van der Waals surface area (Å²) in [6.45, 7) is -3.60. The van der Waals surface area contributed by atoms with Crippen LogP contribution in [0.25, 0.3) is 0 Å². The van der Waals surface area contributed by atoms with Crippen LogP contribution in [0.5, 0.6) is 5.75 Å². The topological polar surface area (TPSA) is 70.0 Å². The van der Waals surface area contributed by atoms with E-state index in [1.54, 1.807) is 0 Å². The number of hydrogen-bond donors (Lipinski definition) is 2. The molecule has 0 radical (unpaired) electrons. The van der Waals surface area contributed by atoms with Crippen molar-refractivity contribution in [3.8, 4) is 5.75 Å². The van der Waals surface area contributed by atoms with Crippen molar-refractivity contribution in [1.29, 1.82) is 0 Å². The van der Waals surface area contributed by atoms with Gasteiger partial charge in [-0.1, -0.05) is 12.1 Å². The number of halogens is 2. The van der Waals surface area contributed by atoms with Crippen LogP contribution in [0.2, 0.25) is 0 Å². The number of ether oxygens (including phenoxy) is 1. The van der Waals surface area contributed by atoms with Gasteiger partial charge in [0.05, 0.1) is 18.8 Å². The summed E-state index contributed by atoms with van der Waals surface area (Å²) in [5.74, 6) is -0.817. The molecule has 0 aliphatic heterocycles. The van der Waals surface area contributed by atoms with Crippen molar-refractivity contribution in [2.24, 2.45) is 0 Å². The van der Waals surface area contributed by atoms with Crippen molar-refractivity contribution in [3.05, 3.63) is 29.8 Å². The van der Waals surface area contributed by atoms with Gasteiger partial charge in [-0.3, -0.25) is 4.79 Å². The van der Waals surface area contributed by atoms with E-state index in [4.69, 9.17) is 10.2 Å². The van der Waals surface area contributed by atoms with Gasteiger partial charge in [0.1, 0.15) is 5.75 Å². The van der Waals surface area contributed by atoms with Gasteiger partial charge in [0.25, 0.3) is 5.91 Å². The van der Waals surface area contributed by atoms with Crippen LogP contribution in [-0.2, 0) is 0 Å². The molecule has 106 valence electrons. The second kappa shape index (κ2) is 7.65. The third-order valence-corrected chi connectivity index (χ3v) is 2.36. The summed E-state index contributed by atoms with van der Waals surface area (Å²) in [7, 11) is 0. The van der Waals surface area contributed by atoms with Gasteiger partial charge in [-0.2, -0.15) is 8.78 Å². The van der Waals surface area contributed by atoms with Crippen LogP contribution < -0.4 is 4.74 Å². The molecular formula is C12H15F2NO4. The molecule has 0 aliphatic carbocycles. The summed E-state index contributed by atoms with van der Waals surface area (Å²) in [6.07, 6.45) is 0. The number of rotatable bonds is 7. The standard InChI is InChI=1S/C12H15F2NO4/c13-12(14)19-10-4-2-1-3-9(10)11(18)15(5-7-16)6-8-17/h1-4,12,16-17H,5-8H2. The lowest BCUT2D eigenvalue weighted by Crippen LogP contribution is -2.36. The molecule has 0 fully saturated rings. The minimum Gasteiger partial charge on any atom is -0.434 e. The van der Waals surface area contributed by atoms with Gasteiger partial charge in [-0.05, 0) is 12.1 Å². The third-order valence-electron chi connectivity index (χ3n) is 2.36. The number of carbonyl (C=O) groups excluding carboxylic acids is 1. The van der Waals surface area contributed by atoms with Crippen molar-refractivity contribution in [2.45, 2.75) is 6.61 Å². The molecular weight excluding hydrogens is 260 g/mol. The molecule has 0 aromatic heterocycles. The van der Waals surface area contributed by atoms with E-state index in [1.807, 2.05) is 0 Å². The lowest BCUT2D eigenvalue weighted by Gasteiger charge is -2.21. The molecule has 7 heteroatoms. The molecule has 1 aromatic carbocycles. The van der Waals surface area contributed by atoms with Crippen LogP contribution in [0.3, 0.4) is 0 Å². The molecule has 5 nitrogen and oxygen atoms in total. The zero-order valence-electron chi connectivity index (χ0n) is 10.1. The van der Waals surface area contributed by atoms with Crippen LogP contribution in [-0.4, -0.2) is 53.9 Å². The van der Waals surface area contributed by atoms with Gasteiger partial charge < -0.3 is 19.8 Å². The van der Waals surface area contributed by atoms with Crippen molar-refractivity contribution >= 4 is 5.91 Å². The molecule has 1 aromatic rings. The van der Waals surface area contributed by atoms with E-state index < -0.39 is 12.5 Å². The molecule has 1 amide bonds. The van der Waals surface area contributed by atoms with E-state index in [-0.39, 0.29) is 37.6 Å². The fraction of sp³-hybridized carbons (Fsp3) is 0.417. The number of aliphatic hydroxyl groups is 2. The Bertz CT molecular complexity index is 408. The van der Waals surface area contributed by atoms with Crippen LogP contribution >= 0.6 is 0 Å². The van der Waals surface area contributed by atoms with E-state index in [9.17, 15) is 13.6 Å². The zero-order valence-corrected chi connectivity index (χ0v) is 10.1. The Morgan fingerprint density at radius 2 is 1.79 bits per heavy atom. The highest BCUT2D eigenvalue weighted by molar-refractivity contribution is 5.96. The smallest absolute Gasteiger partial charge is 0.387 e. The number of nitrogens with zero attached hydrogens (tertiary/aromatic N) is 1. The molecule has 0 heterocycles. The molecule has 0 saturated carbocycles. The normalized spacial score (nSPS) is 10.6. The third kappa shape index (κ3) is 4.46. The number of amides is 1. The van der Waals surface area contributed by atoms with E-state index in [0.717, 1.165) is 4.90 Å².